The maximum absolute atomic E-state index is 13.4. The molecule has 2 aromatic heterocycles. The Kier molecular flexibility index (Phi) is 7.09. The number of rotatable bonds is 9. The summed E-state index contributed by atoms with van der Waals surface area (Å²) in [4.78, 5) is 39.2. The number of sulfonamides is 1. The number of hydrogen-bond acceptors (Lipinski definition) is 9. The molecule has 1 aliphatic carbocycles. The van der Waals surface area contributed by atoms with Crippen LogP contribution in [0.1, 0.15) is 54.2 Å². The third-order valence-corrected chi connectivity index (χ3v) is 10.7. The highest BCUT2D eigenvalue weighted by atomic mass is 32.2. The fraction of sp³-hybridized carbons (Fsp3) is 0.429. The third kappa shape index (κ3) is 5.00. The highest BCUT2D eigenvalue weighted by Crippen LogP contribution is 2.42. The summed E-state index contributed by atoms with van der Waals surface area (Å²) in [5.41, 5.74) is 2.31. The molecule has 0 radical (unpaired) electrons. The molecule has 2 atom stereocenters. The molecule has 3 N–H and O–H groups in total. The molecule has 0 bridgehead atoms. The minimum Gasteiger partial charge on any atom is -0.394 e. The quantitative estimate of drug-likeness (QED) is 0.341. The van der Waals surface area contributed by atoms with Crippen LogP contribution in [0, 0.1) is 12.8 Å². The first-order valence-corrected chi connectivity index (χ1v) is 16.0. The van der Waals surface area contributed by atoms with Crippen LogP contribution in [0.3, 0.4) is 0 Å². The first kappa shape index (κ1) is 27.8. The summed E-state index contributed by atoms with van der Waals surface area (Å²) in [6.45, 7) is 4.12. The molecule has 4 heterocycles. The van der Waals surface area contributed by atoms with Crippen molar-refractivity contribution in [3.05, 3.63) is 47.2 Å². The highest BCUT2D eigenvalue weighted by molar-refractivity contribution is 7.89. The number of amides is 2. The van der Waals surface area contributed by atoms with Crippen LogP contribution in [0.2, 0.25) is 0 Å². The van der Waals surface area contributed by atoms with Crippen LogP contribution in [0.4, 0.5) is 16.8 Å². The molecule has 3 aliphatic rings. The van der Waals surface area contributed by atoms with Gasteiger partial charge in [-0.15, -0.1) is 0 Å². The van der Waals surface area contributed by atoms with E-state index in [1.165, 1.54) is 23.3 Å². The second-order valence-electron chi connectivity index (χ2n) is 10.8. The van der Waals surface area contributed by atoms with Crippen molar-refractivity contribution in [1.82, 2.24) is 19.6 Å². The van der Waals surface area contributed by atoms with Crippen molar-refractivity contribution in [3.8, 4) is 10.4 Å². The topological polar surface area (TPSA) is 145 Å². The van der Waals surface area contributed by atoms with E-state index in [0.717, 1.165) is 17.7 Å². The maximum Gasteiger partial charge on any atom is 0.256 e. The predicted molar refractivity (Wildman–Crippen MR) is 156 cm³/mol. The van der Waals surface area contributed by atoms with Gasteiger partial charge in [0.25, 0.3) is 5.91 Å². The maximum atomic E-state index is 13.4. The Balaban J connectivity index is 1.33. The van der Waals surface area contributed by atoms with Gasteiger partial charge in [-0.05, 0) is 81.5 Å². The summed E-state index contributed by atoms with van der Waals surface area (Å²) >= 11 is 1.35. The Hall–Kier alpha value is -3.39. The monoisotopic (exact) mass is 596 g/mol. The Morgan fingerprint density at radius 3 is 2.66 bits per heavy atom. The number of benzene rings is 1. The van der Waals surface area contributed by atoms with E-state index in [4.69, 9.17) is 0 Å². The van der Waals surface area contributed by atoms with Gasteiger partial charge in [0.15, 0.2) is 5.13 Å². The number of nitrogens with zero attached hydrogens (tertiary/aromatic N) is 4. The first-order valence-electron chi connectivity index (χ1n) is 13.7. The average molecular weight is 597 g/mol. The molecule has 2 amide bonds. The van der Waals surface area contributed by atoms with E-state index in [9.17, 15) is 23.1 Å². The number of anilines is 3. The van der Waals surface area contributed by atoms with E-state index in [0.29, 0.717) is 58.9 Å². The number of aryl methyl sites for hydroxylation is 1. The van der Waals surface area contributed by atoms with Gasteiger partial charge in [0, 0.05) is 19.0 Å². The second-order valence-corrected chi connectivity index (χ2v) is 13.7. The SMILES string of the molecule is CNS(=O)(=O)c1cc(-c2sc(Nc3cccc(N4C(=O)CC[C@H]4CO)n3)nc2C)cc2c1C(=O)N([C@@H](C)C1CC1)C2. The van der Waals surface area contributed by atoms with Gasteiger partial charge in [0.1, 0.15) is 11.6 Å². The summed E-state index contributed by atoms with van der Waals surface area (Å²) in [5, 5.41) is 13.4. The van der Waals surface area contributed by atoms with Crippen molar-refractivity contribution in [2.24, 2.45) is 5.92 Å². The van der Waals surface area contributed by atoms with E-state index in [-0.39, 0.29) is 41.0 Å². The number of nitrogens with one attached hydrogen (secondary N) is 2. The van der Waals surface area contributed by atoms with E-state index in [1.54, 1.807) is 29.2 Å². The van der Waals surface area contributed by atoms with Crippen LogP contribution in [-0.2, 0) is 21.4 Å². The minimum absolute atomic E-state index is 0.0200. The van der Waals surface area contributed by atoms with Gasteiger partial charge in [-0.3, -0.25) is 14.5 Å². The molecular weight excluding hydrogens is 564 g/mol. The van der Waals surface area contributed by atoms with Crippen molar-refractivity contribution in [1.29, 1.82) is 0 Å². The number of thiazole rings is 1. The summed E-state index contributed by atoms with van der Waals surface area (Å²) in [6.07, 6.45) is 3.11. The Morgan fingerprint density at radius 2 is 1.95 bits per heavy atom. The number of hydrogen-bond donors (Lipinski definition) is 3. The number of aromatic nitrogens is 2. The Bertz CT molecular complexity index is 1650. The van der Waals surface area contributed by atoms with Gasteiger partial charge in [0.2, 0.25) is 15.9 Å². The van der Waals surface area contributed by atoms with Gasteiger partial charge in [-0.25, -0.2) is 23.1 Å². The second kappa shape index (κ2) is 10.5. The average Bonchev–Trinajstić information content (AvgIpc) is 3.54. The van der Waals surface area contributed by atoms with E-state index >= 15 is 0 Å². The molecule has 1 aromatic carbocycles. The van der Waals surface area contributed by atoms with Crippen LogP contribution in [0.15, 0.2) is 35.2 Å². The molecule has 41 heavy (non-hydrogen) atoms. The number of aliphatic hydroxyl groups excluding tert-OH is 1. The van der Waals surface area contributed by atoms with Crippen LogP contribution in [-0.4, -0.2) is 65.9 Å². The van der Waals surface area contributed by atoms with Gasteiger partial charge in [-0.2, -0.15) is 0 Å². The van der Waals surface area contributed by atoms with E-state index in [1.807, 2.05) is 19.9 Å². The zero-order valence-electron chi connectivity index (χ0n) is 23.0. The Labute approximate surface area is 242 Å². The number of carbonyl (C=O) groups is 2. The van der Waals surface area contributed by atoms with Crippen molar-refractivity contribution in [3.63, 3.8) is 0 Å². The fourth-order valence-electron chi connectivity index (χ4n) is 5.74. The Morgan fingerprint density at radius 1 is 1.17 bits per heavy atom. The van der Waals surface area contributed by atoms with Crippen molar-refractivity contribution in [2.45, 2.75) is 63.1 Å². The molecule has 2 fully saturated rings. The largest absolute Gasteiger partial charge is 0.394 e. The standard InChI is InChI=1S/C28H32N6O5S2/c1-15-26(40-28(30-15)32-22-5-4-6-23(31-22)34-20(14-35)9-10-24(34)36)18-11-19-13-33(16(2)17-7-8-17)27(37)25(19)21(12-18)41(38,39)29-3/h4-6,11-12,16-17,20,29,35H,7-10,13-14H2,1-3H3,(H,30,31,32)/t16-,20-/m0/s1. The van der Waals surface area contributed by atoms with Crippen LogP contribution in [0.25, 0.3) is 10.4 Å². The molecule has 2 aliphatic heterocycles. The van der Waals surface area contributed by atoms with Gasteiger partial charge in [-0.1, -0.05) is 17.4 Å². The third-order valence-electron chi connectivity index (χ3n) is 8.16. The zero-order chi connectivity index (χ0) is 29.1. The molecule has 6 rings (SSSR count). The van der Waals surface area contributed by atoms with Gasteiger partial charge in [0.05, 0.1) is 33.7 Å². The molecule has 1 saturated heterocycles. The fourth-order valence-corrected chi connectivity index (χ4v) is 7.69. The zero-order valence-corrected chi connectivity index (χ0v) is 24.7. The first-order chi connectivity index (χ1) is 19.6. The molecule has 0 unspecified atom stereocenters. The smallest absolute Gasteiger partial charge is 0.256 e. The van der Waals surface area contributed by atoms with Crippen molar-refractivity contribution >= 4 is 49.9 Å². The van der Waals surface area contributed by atoms with Crippen LogP contribution >= 0.6 is 11.3 Å². The lowest BCUT2D eigenvalue weighted by molar-refractivity contribution is -0.117. The number of aliphatic hydroxyl groups is 1. The molecule has 3 aromatic rings. The van der Waals surface area contributed by atoms with Crippen LogP contribution in [0.5, 0.6) is 0 Å². The molecule has 0 spiro atoms. The summed E-state index contributed by atoms with van der Waals surface area (Å²) in [7, 11) is -2.56. The van der Waals surface area contributed by atoms with Crippen molar-refractivity contribution < 1.29 is 23.1 Å². The lowest BCUT2D eigenvalue weighted by Gasteiger charge is -2.24. The predicted octanol–water partition coefficient (Wildman–Crippen LogP) is 3.41. The molecule has 216 valence electrons. The lowest BCUT2D eigenvalue weighted by Crippen LogP contribution is -2.36. The molecule has 13 heteroatoms. The van der Waals surface area contributed by atoms with Gasteiger partial charge >= 0.3 is 0 Å². The van der Waals surface area contributed by atoms with E-state index < -0.39 is 10.0 Å². The van der Waals surface area contributed by atoms with Gasteiger partial charge < -0.3 is 15.3 Å². The normalized spacial score (nSPS) is 19.7. The molecule has 11 nitrogen and oxygen atoms in total. The van der Waals surface area contributed by atoms with Crippen molar-refractivity contribution in [2.75, 3.05) is 23.9 Å². The highest BCUT2D eigenvalue weighted by Gasteiger charge is 2.41. The summed E-state index contributed by atoms with van der Waals surface area (Å²) < 4.78 is 28.6. The minimum atomic E-state index is -3.91. The molecule has 1 saturated carbocycles. The number of carbonyl (C=O) groups excluding carboxylic acids is 2. The van der Waals surface area contributed by atoms with E-state index in [2.05, 4.69) is 20.0 Å². The van der Waals surface area contributed by atoms with Crippen LogP contribution < -0.4 is 14.9 Å². The summed E-state index contributed by atoms with van der Waals surface area (Å²) in [5.74, 6) is 1.09. The lowest BCUT2D eigenvalue weighted by atomic mass is 10.0. The molecular formula is C28H32N6O5S2. The number of fused-ring (bicyclic) bond motifs is 1. The number of pyridine rings is 1. The summed E-state index contributed by atoms with van der Waals surface area (Å²) in [6, 6.07) is 8.51.